The summed E-state index contributed by atoms with van der Waals surface area (Å²) in [4.78, 5) is 0. The Balaban J connectivity index is 3.08. The number of phenolic OH excluding ortho intramolecular Hbond substituents is 1. The molecule has 0 saturated heterocycles. The van der Waals surface area contributed by atoms with Crippen LogP contribution >= 0.6 is 0 Å². The summed E-state index contributed by atoms with van der Waals surface area (Å²) in [6.45, 7) is 2.88. The summed E-state index contributed by atoms with van der Waals surface area (Å²) in [5.41, 5.74) is 0.707. The maximum Gasteiger partial charge on any atom is 0.248 e. The number of aromatic hydroxyl groups is 1. The predicted molar refractivity (Wildman–Crippen MR) is 60.5 cm³/mol. The van der Waals surface area contributed by atoms with Gasteiger partial charge in [0.1, 0.15) is 5.75 Å². The molecule has 2 N–H and O–H groups in total. The predicted octanol–water partition coefficient (Wildman–Crippen LogP) is 1.35. The van der Waals surface area contributed by atoms with Gasteiger partial charge in [-0.3, -0.25) is 4.72 Å². The zero-order valence-corrected chi connectivity index (χ0v) is 9.75. The Morgan fingerprint density at radius 2 is 2.12 bits per heavy atom. The van der Waals surface area contributed by atoms with Crippen LogP contribution in [0.3, 0.4) is 0 Å². The number of nitriles is 1. The fourth-order valence-electron chi connectivity index (χ4n) is 1.05. The summed E-state index contributed by atoms with van der Waals surface area (Å²) >= 11 is 0. The molecule has 0 amide bonds. The van der Waals surface area contributed by atoms with Crippen molar-refractivity contribution < 1.29 is 13.5 Å². The van der Waals surface area contributed by atoms with E-state index < -0.39 is 15.3 Å². The fourth-order valence-corrected chi connectivity index (χ4v) is 1.89. The highest BCUT2D eigenvalue weighted by Gasteiger charge is 2.20. The number of benzene rings is 1. The highest BCUT2D eigenvalue weighted by Crippen LogP contribution is 2.25. The molecule has 0 aliphatic carbocycles. The van der Waals surface area contributed by atoms with E-state index in [1.165, 1.54) is 25.1 Å². The van der Waals surface area contributed by atoms with Crippen LogP contribution in [0.4, 0.5) is 5.69 Å². The molecule has 1 atom stereocenters. The zero-order chi connectivity index (χ0) is 12.3. The van der Waals surface area contributed by atoms with Crippen LogP contribution in [0.1, 0.15) is 12.5 Å². The van der Waals surface area contributed by atoms with Crippen molar-refractivity contribution in [1.82, 2.24) is 0 Å². The van der Waals surface area contributed by atoms with E-state index >= 15 is 0 Å². The van der Waals surface area contributed by atoms with E-state index in [1.54, 1.807) is 13.0 Å². The third-order valence-corrected chi connectivity index (χ3v) is 3.75. The van der Waals surface area contributed by atoms with Crippen LogP contribution < -0.4 is 4.72 Å². The van der Waals surface area contributed by atoms with E-state index in [2.05, 4.69) is 4.72 Å². The largest absolute Gasteiger partial charge is 0.508 e. The molecule has 16 heavy (non-hydrogen) atoms. The molecular weight excluding hydrogens is 228 g/mol. The molecule has 0 bridgehead atoms. The molecule has 1 aromatic carbocycles. The van der Waals surface area contributed by atoms with Crippen molar-refractivity contribution in [2.24, 2.45) is 0 Å². The van der Waals surface area contributed by atoms with E-state index in [4.69, 9.17) is 5.26 Å². The Kier molecular flexibility index (Phi) is 3.40. The lowest BCUT2D eigenvalue weighted by molar-refractivity contribution is 0.471. The van der Waals surface area contributed by atoms with Gasteiger partial charge in [-0.15, -0.1) is 0 Å². The number of rotatable bonds is 3. The van der Waals surface area contributed by atoms with E-state index in [0.717, 1.165) is 0 Å². The number of phenols is 1. The number of hydrogen-bond acceptors (Lipinski definition) is 4. The molecule has 0 radical (unpaired) electrons. The van der Waals surface area contributed by atoms with Gasteiger partial charge in [0, 0.05) is 5.56 Å². The fraction of sp³-hybridized carbons (Fsp3) is 0.300. The van der Waals surface area contributed by atoms with Crippen molar-refractivity contribution in [3.8, 4) is 11.8 Å². The second-order valence-corrected chi connectivity index (χ2v) is 5.37. The van der Waals surface area contributed by atoms with Gasteiger partial charge >= 0.3 is 0 Å². The Hall–Kier alpha value is -1.74. The molecule has 6 heteroatoms. The lowest BCUT2D eigenvalue weighted by Crippen LogP contribution is -2.24. The van der Waals surface area contributed by atoms with Crippen LogP contribution in [0, 0.1) is 18.3 Å². The standard InChI is InChI=1S/C10H12N2O3S/c1-7(6-11)16(14,15)12-9-4-3-5-10(13)8(9)2/h3-5,7,12-13H,1-2H3. The topological polar surface area (TPSA) is 90.2 Å². The van der Waals surface area contributed by atoms with Crippen molar-refractivity contribution in [3.63, 3.8) is 0 Å². The van der Waals surface area contributed by atoms with Crippen LogP contribution in [-0.4, -0.2) is 18.8 Å². The molecule has 0 aliphatic heterocycles. The molecule has 0 heterocycles. The van der Waals surface area contributed by atoms with Gasteiger partial charge in [0.25, 0.3) is 0 Å². The minimum Gasteiger partial charge on any atom is -0.508 e. The third-order valence-electron chi connectivity index (χ3n) is 2.20. The maximum absolute atomic E-state index is 11.6. The summed E-state index contributed by atoms with van der Waals surface area (Å²) < 4.78 is 25.4. The highest BCUT2D eigenvalue weighted by molar-refractivity contribution is 7.93. The lowest BCUT2D eigenvalue weighted by Gasteiger charge is -2.12. The van der Waals surface area contributed by atoms with Crippen molar-refractivity contribution in [3.05, 3.63) is 23.8 Å². The Morgan fingerprint density at radius 3 is 2.69 bits per heavy atom. The molecule has 1 rings (SSSR count). The van der Waals surface area contributed by atoms with Crippen LogP contribution in [0.5, 0.6) is 5.75 Å². The number of nitrogens with one attached hydrogen (secondary N) is 1. The molecule has 0 aliphatic rings. The average Bonchev–Trinajstić information content (AvgIpc) is 2.23. The monoisotopic (exact) mass is 240 g/mol. The zero-order valence-electron chi connectivity index (χ0n) is 8.93. The Labute approximate surface area is 94.4 Å². The Bertz CT molecular complexity index is 531. The molecule has 1 unspecified atom stereocenters. The van der Waals surface area contributed by atoms with Crippen LogP contribution in [0.2, 0.25) is 0 Å². The maximum atomic E-state index is 11.6. The van der Waals surface area contributed by atoms with Gasteiger partial charge in [0.05, 0.1) is 11.8 Å². The number of nitrogens with zero attached hydrogens (tertiary/aromatic N) is 1. The van der Waals surface area contributed by atoms with Crippen molar-refractivity contribution in [1.29, 1.82) is 5.26 Å². The number of anilines is 1. The van der Waals surface area contributed by atoms with Crippen LogP contribution in [0.25, 0.3) is 0 Å². The van der Waals surface area contributed by atoms with E-state index in [0.29, 0.717) is 5.56 Å². The molecule has 1 aromatic rings. The molecule has 5 nitrogen and oxygen atoms in total. The quantitative estimate of drug-likeness (QED) is 0.834. The van der Waals surface area contributed by atoms with Gasteiger partial charge in [0.15, 0.2) is 5.25 Å². The molecule has 0 fully saturated rings. The molecule has 0 saturated carbocycles. The van der Waals surface area contributed by atoms with Gasteiger partial charge in [-0.1, -0.05) is 6.07 Å². The summed E-state index contributed by atoms with van der Waals surface area (Å²) in [5.74, 6) is 0.00445. The molecular formula is C10H12N2O3S. The van der Waals surface area contributed by atoms with Crippen LogP contribution in [-0.2, 0) is 10.0 Å². The summed E-state index contributed by atoms with van der Waals surface area (Å²) in [6, 6.07) is 6.16. The lowest BCUT2D eigenvalue weighted by atomic mass is 10.2. The highest BCUT2D eigenvalue weighted by atomic mass is 32.2. The van der Waals surface area contributed by atoms with E-state index in [9.17, 15) is 13.5 Å². The average molecular weight is 240 g/mol. The summed E-state index contributed by atoms with van der Waals surface area (Å²) in [7, 11) is -3.72. The molecule has 86 valence electrons. The first kappa shape index (κ1) is 12.3. The van der Waals surface area contributed by atoms with Gasteiger partial charge in [-0.25, -0.2) is 8.42 Å². The number of hydrogen-bond donors (Lipinski definition) is 2. The summed E-state index contributed by atoms with van der Waals surface area (Å²) in [5, 5.41) is 16.8. The first-order chi connectivity index (χ1) is 7.38. The van der Waals surface area contributed by atoms with E-state index in [1.807, 2.05) is 0 Å². The smallest absolute Gasteiger partial charge is 0.248 e. The van der Waals surface area contributed by atoms with Gasteiger partial charge in [-0.2, -0.15) is 5.26 Å². The molecule has 0 aromatic heterocycles. The summed E-state index contributed by atoms with van der Waals surface area (Å²) in [6.07, 6.45) is 0. The van der Waals surface area contributed by atoms with Gasteiger partial charge in [-0.05, 0) is 26.0 Å². The minimum absolute atomic E-state index is 0.00445. The van der Waals surface area contributed by atoms with Crippen molar-refractivity contribution in [2.75, 3.05) is 4.72 Å². The third kappa shape index (κ3) is 2.44. The van der Waals surface area contributed by atoms with Crippen molar-refractivity contribution >= 4 is 15.7 Å². The Morgan fingerprint density at radius 1 is 1.50 bits per heavy atom. The van der Waals surface area contributed by atoms with Gasteiger partial charge in [0.2, 0.25) is 10.0 Å². The minimum atomic E-state index is -3.72. The number of sulfonamides is 1. The first-order valence-electron chi connectivity index (χ1n) is 4.58. The second-order valence-electron chi connectivity index (χ2n) is 3.37. The second kappa shape index (κ2) is 4.41. The van der Waals surface area contributed by atoms with Crippen molar-refractivity contribution in [2.45, 2.75) is 19.1 Å². The van der Waals surface area contributed by atoms with Gasteiger partial charge < -0.3 is 5.11 Å². The molecule has 0 spiro atoms. The van der Waals surface area contributed by atoms with Crippen LogP contribution in [0.15, 0.2) is 18.2 Å². The normalized spacial score (nSPS) is 12.8. The van der Waals surface area contributed by atoms with E-state index in [-0.39, 0.29) is 11.4 Å². The SMILES string of the molecule is Cc1c(O)cccc1NS(=O)(=O)C(C)C#N. The first-order valence-corrected chi connectivity index (χ1v) is 6.13.